The monoisotopic (exact) mass is 626 g/mol. The molecule has 2 aliphatic rings. The first-order chi connectivity index (χ1) is 23.6. The molecule has 6 aromatic carbocycles. The first-order valence-corrected chi connectivity index (χ1v) is 15.7. The summed E-state index contributed by atoms with van der Waals surface area (Å²) in [7, 11) is 0. The van der Waals surface area contributed by atoms with E-state index in [9.17, 15) is 8.78 Å². The van der Waals surface area contributed by atoms with Crippen molar-refractivity contribution in [1.29, 1.82) is 0 Å². The number of nitrogens with zero attached hydrogens (tertiary/aromatic N) is 4. The fourth-order valence-corrected chi connectivity index (χ4v) is 6.73. The Kier molecular flexibility index (Phi) is 7.26. The Morgan fingerprint density at radius 1 is 0.333 bits per heavy atom. The number of hydrogen-bond acceptors (Lipinski definition) is 4. The Morgan fingerprint density at radius 2 is 0.646 bits per heavy atom. The van der Waals surface area contributed by atoms with E-state index < -0.39 is 11.1 Å². The highest BCUT2D eigenvalue weighted by molar-refractivity contribution is 6.28. The minimum absolute atomic E-state index is 0.345. The van der Waals surface area contributed by atoms with Crippen LogP contribution in [0.15, 0.2) is 190 Å². The van der Waals surface area contributed by atoms with Gasteiger partial charge in [-0.3, -0.25) is 0 Å². The van der Waals surface area contributed by atoms with E-state index in [0.717, 1.165) is 22.3 Å². The molecule has 4 nitrogen and oxygen atoms in total. The zero-order chi connectivity index (χ0) is 32.6. The van der Waals surface area contributed by atoms with E-state index in [1.165, 1.54) is 24.3 Å². The molecule has 2 aliphatic heterocycles. The molecule has 0 aromatic heterocycles. The summed E-state index contributed by atoms with van der Waals surface area (Å²) < 4.78 is 28.4. The van der Waals surface area contributed by atoms with Gasteiger partial charge >= 0.3 is 0 Å². The molecule has 0 radical (unpaired) electrons. The van der Waals surface area contributed by atoms with Gasteiger partial charge < -0.3 is 0 Å². The number of rotatable bonds is 7. The molecule has 0 spiro atoms. The van der Waals surface area contributed by atoms with E-state index in [-0.39, 0.29) is 11.6 Å². The predicted octanol–water partition coefficient (Wildman–Crippen LogP) is 8.96. The van der Waals surface area contributed by atoms with Crippen LogP contribution in [0.5, 0.6) is 0 Å². The second kappa shape index (κ2) is 11.9. The highest BCUT2D eigenvalue weighted by Gasteiger charge is 2.64. The van der Waals surface area contributed by atoms with Crippen molar-refractivity contribution in [3.05, 3.63) is 215 Å². The Bertz CT molecular complexity index is 2050. The summed E-state index contributed by atoms with van der Waals surface area (Å²) in [5.41, 5.74) is 3.48. The van der Waals surface area contributed by atoms with Gasteiger partial charge in [-0.2, -0.15) is 0 Å². The molecule has 6 heteroatoms. The molecule has 2 unspecified atom stereocenters. The SMILES string of the molecule is Fc1ccc(C2=NC(c3ccccc3)(C3(c4ccccc4)N=C(c4ccc(F)cc4)N=C3c3ccccc3)C(c3ccccc3)=N2)cc1. The maximum Gasteiger partial charge on any atom is 0.165 e. The highest BCUT2D eigenvalue weighted by atomic mass is 19.1. The standard InChI is InChI=1S/C42H28F2N4/c43-35-25-21-31(22-26-35)39-45-37(29-13-5-1-6-14-29)41(47-39,33-17-9-3-10-18-33)42(34-19-11-4-12-20-34)38(30-15-7-2-8-16-30)46-40(48-42)32-23-27-36(44)28-24-32/h1-28H. The van der Waals surface area contributed by atoms with E-state index in [4.69, 9.17) is 20.0 Å². The van der Waals surface area contributed by atoms with Crippen LogP contribution in [0.2, 0.25) is 0 Å². The van der Waals surface area contributed by atoms with Crippen LogP contribution in [0.1, 0.15) is 33.4 Å². The third-order valence-corrected chi connectivity index (χ3v) is 8.87. The van der Waals surface area contributed by atoms with Crippen molar-refractivity contribution in [1.82, 2.24) is 0 Å². The van der Waals surface area contributed by atoms with Crippen LogP contribution in [0.25, 0.3) is 0 Å². The number of halogens is 2. The van der Waals surface area contributed by atoms with E-state index in [0.29, 0.717) is 34.2 Å². The zero-order valence-corrected chi connectivity index (χ0v) is 25.7. The molecule has 0 fully saturated rings. The van der Waals surface area contributed by atoms with Crippen molar-refractivity contribution in [2.45, 2.75) is 11.1 Å². The van der Waals surface area contributed by atoms with Gasteiger partial charge in [0.25, 0.3) is 0 Å². The van der Waals surface area contributed by atoms with E-state index in [1.54, 1.807) is 24.3 Å². The molecule has 0 saturated carbocycles. The van der Waals surface area contributed by atoms with Crippen LogP contribution in [-0.4, -0.2) is 23.1 Å². The summed E-state index contributed by atoms with van der Waals surface area (Å²) in [4.78, 5) is 21.9. The fraction of sp³-hybridized carbons (Fsp3) is 0.0476. The van der Waals surface area contributed by atoms with E-state index >= 15 is 0 Å². The summed E-state index contributed by atoms with van der Waals surface area (Å²) in [6.07, 6.45) is 0. The maximum absolute atomic E-state index is 14.2. The van der Waals surface area contributed by atoms with Crippen molar-refractivity contribution >= 4 is 23.1 Å². The smallest absolute Gasteiger partial charge is 0.165 e. The average Bonchev–Trinajstić information content (AvgIpc) is 3.76. The minimum Gasteiger partial charge on any atom is -0.245 e. The van der Waals surface area contributed by atoms with Crippen molar-refractivity contribution in [2.24, 2.45) is 20.0 Å². The summed E-state index contributed by atoms with van der Waals surface area (Å²) >= 11 is 0. The van der Waals surface area contributed by atoms with Crippen molar-refractivity contribution in [3.63, 3.8) is 0 Å². The van der Waals surface area contributed by atoms with E-state index in [2.05, 4.69) is 0 Å². The maximum atomic E-state index is 14.2. The van der Waals surface area contributed by atoms with Crippen LogP contribution >= 0.6 is 0 Å². The van der Waals surface area contributed by atoms with Gasteiger partial charge in [-0.05, 0) is 70.8 Å². The predicted molar refractivity (Wildman–Crippen MR) is 188 cm³/mol. The van der Waals surface area contributed by atoms with Crippen molar-refractivity contribution < 1.29 is 8.78 Å². The van der Waals surface area contributed by atoms with Crippen LogP contribution in [0, 0.1) is 11.6 Å². The number of hydrogen-bond donors (Lipinski definition) is 0. The molecule has 8 rings (SSSR count). The molecule has 2 atom stereocenters. The molecule has 0 saturated heterocycles. The third-order valence-electron chi connectivity index (χ3n) is 8.87. The summed E-state index contributed by atoms with van der Waals surface area (Å²) in [5.74, 6) is 0.210. The van der Waals surface area contributed by atoms with Crippen molar-refractivity contribution in [3.8, 4) is 0 Å². The Morgan fingerprint density at radius 3 is 0.979 bits per heavy atom. The molecule has 6 aromatic rings. The quantitative estimate of drug-likeness (QED) is 0.170. The molecule has 230 valence electrons. The normalized spacial score (nSPS) is 20.1. The molecule has 0 aliphatic carbocycles. The second-order valence-electron chi connectivity index (χ2n) is 11.7. The first-order valence-electron chi connectivity index (χ1n) is 15.7. The molecule has 0 N–H and O–H groups in total. The third kappa shape index (κ3) is 4.73. The number of benzene rings is 6. The van der Waals surface area contributed by atoms with Crippen LogP contribution < -0.4 is 0 Å². The molecule has 2 heterocycles. The van der Waals surface area contributed by atoms with Crippen LogP contribution in [0.4, 0.5) is 8.78 Å². The fourth-order valence-electron chi connectivity index (χ4n) is 6.73. The Labute approximate surface area is 277 Å². The number of aliphatic imine (C=N–C) groups is 4. The van der Waals surface area contributed by atoms with Gasteiger partial charge in [0.05, 0.1) is 11.4 Å². The summed E-state index contributed by atoms with van der Waals surface area (Å²) in [5, 5.41) is 0. The molecule has 0 bridgehead atoms. The van der Waals surface area contributed by atoms with Crippen LogP contribution in [-0.2, 0) is 11.1 Å². The van der Waals surface area contributed by atoms with Gasteiger partial charge in [0, 0.05) is 11.1 Å². The van der Waals surface area contributed by atoms with Gasteiger partial charge in [-0.25, -0.2) is 28.8 Å². The summed E-state index contributed by atoms with van der Waals surface area (Å²) in [6.45, 7) is 0. The lowest BCUT2D eigenvalue weighted by molar-refractivity contribution is 0.420. The van der Waals surface area contributed by atoms with E-state index in [1.807, 2.05) is 121 Å². The molecular formula is C42H28F2N4. The van der Waals surface area contributed by atoms with Gasteiger partial charge in [-0.1, -0.05) is 121 Å². The zero-order valence-electron chi connectivity index (χ0n) is 25.7. The highest BCUT2D eigenvalue weighted by Crippen LogP contribution is 2.55. The number of amidine groups is 2. The van der Waals surface area contributed by atoms with Gasteiger partial charge in [0.1, 0.15) is 11.6 Å². The Hall–Kier alpha value is -6.14. The van der Waals surface area contributed by atoms with Crippen molar-refractivity contribution in [2.75, 3.05) is 0 Å². The van der Waals surface area contributed by atoms with Gasteiger partial charge in [-0.15, -0.1) is 0 Å². The lowest BCUT2D eigenvalue weighted by Crippen LogP contribution is -2.55. The second-order valence-corrected chi connectivity index (χ2v) is 11.7. The van der Waals surface area contributed by atoms with Gasteiger partial charge in [0.2, 0.25) is 0 Å². The molecular weight excluding hydrogens is 598 g/mol. The largest absolute Gasteiger partial charge is 0.245 e. The topological polar surface area (TPSA) is 49.4 Å². The minimum atomic E-state index is -1.31. The molecule has 0 amide bonds. The lowest BCUT2D eigenvalue weighted by atomic mass is 9.62. The lowest BCUT2D eigenvalue weighted by Gasteiger charge is -2.44. The molecule has 48 heavy (non-hydrogen) atoms. The Balaban J connectivity index is 1.55. The van der Waals surface area contributed by atoms with Crippen LogP contribution in [0.3, 0.4) is 0 Å². The summed E-state index contributed by atoms with van der Waals surface area (Å²) in [6, 6.07) is 52.5. The van der Waals surface area contributed by atoms with Gasteiger partial charge in [0.15, 0.2) is 22.7 Å². The average molecular weight is 627 g/mol. The first kappa shape index (κ1) is 29.3.